The molecule has 1 saturated heterocycles. The maximum absolute atomic E-state index is 12.1. The van der Waals surface area contributed by atoms with Crippen molar-refractivity contribution in [1.29, 1.82) is 0 Å². The van der Waals surface area contributed by atoms with Gasteiger partial charge in [-0.15, -0.1) is 0 Å². The van der Waals surface area contributed by atoms with Crippen molar-refractivity contribution in [1.82, 2.24) is 4.90 Å². The van der Waals surface area contributed by atoms with Crippen LogP contribution >= 0.6 is 0 Å². The van der Waals surface area contributed by atoms with Gasteiger partial charge in [-0.05, 0) is 31.0 Å². The predicted octanol–water partition coefficient (Wildman–Crippen LogP) is 1.89. The van der Waals surface area contributed by atoms with Crippen molar-refractivity contribution in [2.45, 2.75) is 19.3 Å². The molecule has 0 spiro atoms. The molecule has 0 radical (unpaired) electrons. The summed E-state index contributed by atoms with van der Waals surface area (Å²) >= 11 is 0. The van der Waals surface area contributed by atoms with Crippen LogP contribution < -0.4 is 4.74 Å². The quantitative estimate of drug-likeness (QED) is 0.589. The number of carbonyl (C=O) groups is 2. The molecule has 96 valence electrons. The van der Waals surface area contributed by atoms with Crippen LogP contribution in [0.5, 0.6) is 5.75 Å². The van der Waals surface area contributed by atoms with Crippen LogP contribution in [0.3, 0.4) is 0 Å². The predicted molar refractivity (Wildman–Crippen MR) is 67.8 cm³/mol. The van der Waals surface area contributed by atoms with Gasteiger partial charge in [-0.1, -0.05) is 6.07 Å². The number of benzene rings is 1. The first-order chi connectivity index (χ1) is 8.81. The zero-order valence-electron chi connectivity index (χ0n) is 10.3. The molecule has 1 heterocycles. The fourth-order valence-electron chi connectivity index (χ4n) is 2.05. The molecule has 1 aliphatic rings. The van der Waals surface area contributed by atoms with E-state index in [2.05, 4.69) is 0 Å². The van der Waals surface area contributed by atoms with E-state index in [-0.39, 0.29) is 5.91 Å². The van der Waals surface area contributed by atoms with Crippen LogP contribution in [0.15, 0.2) is 24.3 Å². The summed E-state index contributed by atoms with van der Waals surface area (Å²) in [6.07, 6.45) is 3.35. The largest absolute Gasteiger partial charge is 0.493 e. The van der Waals surface area contributed by atoms with Crippen LogP contribution in [-0.4, -0.2) is 36.8 Å². The van der Waals surface area contributed by atoms with Gasteiger partial charge in [-0.3, -0.25) is 4.79 Å². The summed E-state index contributed by atoms with van der Waals surface area (Å²) in [6.45, 7) is 2.04. The smallest absolute Gasteiger partial charge is 0.253 e. The van der Waals surface area contributed by atoms with E-state index >= 15 is 0 Å². The highest BCUT2D eigenvalue weighted by Gasteiger charge is 2.19. The van der Waals surface area contributed by atoms with Crippen molar-refractivity contribution >= 4 is 12.2 Å². The molecule has 1 amide bonds. The molecule has 0 N–H and O–H groups in total. The lowest BCUT2D eigenvalue weighted by Crippen LogP contribution is -2.27. The second-order valence-corrected chi connectivity index (χ2v) is 4.33. The molecule has 0 aromatic heterocycles. The maximum Gasteiger partial charge on any atom is 0.253 e. The Hall–Kier alpha value is -1.84. The Morgan fingerprint density at radius 3 is 2.83 bits per heavy atom. The van der Waals surface area contributed by atoms with Crippen LogP contribution in [-0.2, 0) is 4.79 Å². The van der Waals surface area contributed by atoms with Gasteiger partial charge in [0.15, 0.2) is 0 Å². The van der Waals surface area contributed by atoms with Gasteiger partial charge in [0.2, 0.25) is 0 Å². The highest BCUT2D eigenvalue weighted by Crippen LogP contribution is 2.17. The molecule has 4 nitrogen and oxygen atoms in total. The number of nitrogens with zero attached hydrogens (tertiary/aromatic N) is 1. The molecule has 1 fully saturated rings. The van der Waals surface area contributed by atoms with E-state index in [4.69, 9.17) is 4.74 Å². The topological polar surface area (TPSA) is 46.6 Å². The number of rotatable bonds is 5. The summed E-state index contributed by atoms with van der Waals surface area (Å²) in [5.74, 6) is 0.704. The number of likely N-dealkylation sites (tertiary alicyclic amines) is 1. The molecule has 2 rings (SSSR count). The normalized spacial score (nSPS) is 14.6. The van der Waals surface area contributed by atoms with Crippen molar-refractivity contribution in [3.8, 4) is 5.75 Å². The molecule has 1 aromatic carbocycles. The molecule has 0 bridgehead atoms. The van der Waals surface area contributed by atoms with Crippen molar-refractivity contribution < 1.29 is 14.3 Å². The van der Waals surface area contributed by atoms with E-state index in [0.29, 0.717) is 24.3 Å². The van der Waals surface area contributed by atoms with Gasteiger partial charge in [0.1, 0.15) is 12.0 Å². The minimum Gasteiger partial charge on any atom is -0.493 e. The fraction of sp³-hybridized carbons (Fsp3) is 0.429. The van der Waals surface area contributed by atoms with Crippen LogP contribution in [0.2, 0.25) is 0 Å². The summed E-state index contributed by atoms with van der Waals surface area (Å²) < 4.78 is 5.40. The van der Waals surface area contributed by atoms with Crippen molar-refractivity contribution in [3.63, 3.8) is 0 Å². The molecule has 0 unspecified atom stereocenters. The van der Waals surface area contributed by atoms with E-state index in [1.54, 1.807) is 24.3 Å². The van der Waals surface area contributed by atoms with Gasteiger partial charge in [0.05, 0.1) is 6.61 Å². The highest BCUT2D eigenvalue weighted by atomic mass is 16.5. The third-order valence-corrected chi connectivity index (χ3v) is 2.98. The van der Waals surface area contributed by atoms with E-state index in [9.17, 15) is 9.59 Å². The molecule has 18 heavy (non-hydrogen) atoms. The lowest BCUT2D eigenvalue weighted by atomic mass is 10.2. The first-order valence-corrected chi connectivity index (χ1v) is 6.27. The highest BCUT2D eigenvalue weighted by molar-refractivity contribution is 5.94. The van der Waals surface area contributed by atoms with Crippen molar-refractivity contribution in [3.05, 3.63) is 29.8 Å². The Bertz CT molecular complexity index is 425. The van der Waals surface area contributed by atoms with Gasteiger partial charge in [0.25, 0.3) is 5.91 Å². The Kier molecular flexibility index (Phi) is 4.34. The SMILES string of the molecule is O=CCCOc1cccc(C(=O)N2CCCC2)c1. The minimum atomic E-state index is 0.0633. The first kappa shape index (κ1) is 12.6. The number of amides is 1. The van der Waals surface area contributed by atoms with Crippen LogP contribution in [0.4, 0.5) is 0 Å². The third kappa shape index (κ3) is 3.09. The van der Waals surface area contributed by atoms with E-state index in [1.807, 2.05) is 4.90 Å². The summed E-state index contributed by atoms with van der Waals surface area (Å²) in [7, 11) is 0. The number of hydrogen-bond acceptors (Lipinski definition) is 3. The summed E-state index contributed by atoms with van der Waals surface area (Å²) in [6, 6.07) is 7.14. The van der Waals surface area contributed by atoms with E-state index < -0.39 is 0 Å². The Balaban J connectivity index is 2.01. The van der Waals surface area contributed by atoms with Gasteiger partial charge in [-0.25, -0.2) is 0 Å². The van der Waals surface area contributed by atoms with Gasteiger partial charge in [-0.2, -0.15) is 0 Å². The minimum absolute atomic E-state index is 0.0633. The molecular weight excluding hydrogens is 230 g/mol. The summed E-state index contributed by atoms with van der Waals surface area (Å²) in [4.78, 5) is 24.2. The number of hydrogen-bond donors (Lipinski definition) is 0. The first-order valence-electron chi connectivity index (χ1n) is 6.27. The molecule has 1 aliphatic heterocycles. The third-order valence-electron chi connectivity index (χ3n) is 2.98. The lowest BCUT2D eigenvalue weighted by molar-refractivity contribution is -0.108. The molecule has 0 atom stereocenters. The van der Waals surface area contributed by atoms with Gasteiger partial charge >= 0.3 is 0 Å². The van der Waals surface area contributed by atoms with Gasteiger partial charge < -0.3 is 14.4 Å². The Morgan fingerprint density at radius 2 is 2.11 bits per heavy atom. The van der Waals surface area contributed by atoms with Crippen LogP contribution in [0.1, 0.15) is 29.6 Å². The Morgan fingerprint density at radius 1 is 1.33 bits per heavy atom. The van der Waals surface area contributed by atoms with Crippen molar-refractivity contribution in [2.24, 2.45) is 0 Å². The zero-order chi connectivity index (χ0) is 12.8. The second-order valence-electron chi connectivity index (χ2n) is 4.33. The van der Waals surface area contributed by atoms with E-state index in [1.165, 1.54) is 0 Å². The van der Waals surface area contributed by atoms with Crippen LogP contribution in [0, 0.1) is 0 Å². The standard InChI is InChI=1S/C14H17NO3/c16-9-4-10-18-13-6-3-5-12(11-13)14(17)15-7-1-2-8-15/h3,5-6,9,11H,1-2,4,7-8,10H2. The van der Waals surface area contributed by atoms with Gasteiger partial charge in [0, 0.05) is 25.1 Å². The lowest BCUT2D eigenvalue weighted by Gasteiger charge is -2.15. The molecule has 1 aromatic rings. The number of ether oxygens (including phenoxy) is 1. The fourth-order valence-corrected chi connectivity index (χ4v) is 2.05. The number of carbonyl (C=O) groups excluding carboxylic acids is 2. The van der Waals surface area contributed by atoms with Crippen LogP contribution in [0.25, 0.3) is 0 Å². The average Bonchev–Trinajstić information content (AvgIpc) is 2.92. The molecule has 0 saturated carbocycles. The number of aldehydes is 1. The average molecular weight is 247 g/mol. The van der Waals surface area contributed by atoms with E-state index in [0.717, 1.165) is 32.2 Å². The zero-order valence-corrected chi connectivity index (χ0v) is 10.3. The Labute approximate surface area is 107 Å². The van der Waals surface area contributed by atoms with Crippen molar-refractivity contribution in [2.75, 3.05) is 19.7 Å². The monoisotopic (exact) mass is 247 g/mol. The maximum atomic E-state index is 12.1. The molecular formula is C14H17NO3. The molecule has 0 aliphatic carbocycles. The summed E-state index contributed by atoms with van der Waals surface area (Å²) in [5, 5.41) is 0. The second kappa shape index (κ2) is 6.19. The molecule has 4 heteroatoms. The summed E-state index contributed by atoms with van der Waals surface area (Å²) in [5.41, 5.74) is 0.653.